The Kier molecular flexibility index (Phi) is 3.69. The predicted molar refractivity (Wildman–Crippen MR) is 68.3 cm³/mol. The fourth-order valence-corrected chi connectivity index (χ4v) is 1.80. The number of nitrogens with zero attached hydrogens (tertiary/aromatic N) is 2. The smallest absolute Gasteiger partial charge is 0.0746 e. The number of nitriles is 1. The largest absolute Gasteiger partial charge is 0.309 e. The van der Waals surface area contributed by atoms with Crippen LogP contribution in [0.3, 0.4) is 0 Å². The summed E-state index contributed by atoms with van der Waals surface area (Å²) in [6.07, 6.45) is 2.34. The quantitative estimate of drug-likeness (QED) is 0.870. The number of hydrogen-bond donors (Lipinski definition) is 1. The van der Waals surface area contributed by atoms with Crippen molar-refractivity contribution in [2.45, 2.75) is 25.9 Å². The van der Waals surface area contributed by atoms with Gasteiger partial charge in [0.25, 0.3) is 0 Å². The first kappa shape index (κ1) is 11.6. The van der Waals surface area contributed by atoms with Gasteiger partial charge in [-0.15, -0.1) is 0 Å². The average molecular weight is 225 g/mol. The van der Waals surface area contributed by atoms with Gasteiger partial charge in [-0.3, -0.25) is 4.98 Å². The minimum Gasteiger partial charge on any atom is -0.309 e. The first-order chi connectivity index (χ1) is 8.31. The van der Waals surface area contributed by atoms with Gasteiger partial charge in [0.2, 0.25) is 0 Å². The molecule has 1 aromatic carbocycles. The van der Waals surface area contributed by atoms with Crippen molar-refractivity contribution in [2.75, 3.05) is 0 Å². The van der Waals surface area contributed by atoms with Gasteiger partial charge in [-0.05, 0) is 18.6 Å². The topological polar surface area (TPSA) is 48.7 Å². The van der Waals surface area contributed by atoms with Crippen LogP contribution in [0, 0.1) is 11.3 Å². The van der Waals surface area contributed by atoms with Crippen LogP contribution in [0.5, 0.6) is 0 Å². The highest BCUT2D eigenvalue weighted by Gasteiger charge is 2.04. The summed E-state index contributed by atoms with van der Waals surface area (Å²) in [7, 11) is 0. The van der Waals surface area contributed by atoms with Crippen LogP contribution in [0.2, 0.25) is 0 Å². The number of hydrogen-bond acceptors (Lipinski definition) is 3. The molecule has 0 fully saturated rings. The van der Waals surface area contributed by atoms with Crippen molar-refractivity contribution >= 4 is 10.9 Å². The number of fused-ring (bicyclic) bond motifs is 1. The summed E-state index contributed by atoms with van der Waals surface area (Å²) in [6.45, 7) is 2.76. The summed E-state index contributed by atoms with van der Waals surface area (Å²) in [4.78, 5) is 4.40. The van der Waals surface area contributed by atoms with Crippen LogP contribution in [0.15, 0.2) is 36.5 Å². The summed E-state index contributed by atoms with van der Waals surface area (Å²) in [6, 6.07) is 12.5. The van der Waals surface area contributed by atoms with Crippen LogP contribution >= 0.6 is 0 Å². The van der Waals surface area contributed by atoms with Crippen LogP contribution in [0.1, 0.15) is 18.9 Å². The van der Waals surface area contributed by atoms with Crippen molar-refractivity contribution in [3.63, 3.8) is 0 Å². The monoisotopic (exact) mass is 225 g/mol. The molecule has 0 aliphatic heterocycles. The van der Waals surface area contributed by atoms with E-state index in [9.17, 15) is 0 Å². The fraction of sp³-hybridized carbons (Fsp3) is 0.286. The third-order valence-electron chi connectivity index (χ3n) is 2.75. The van der Waals surface area contributed by atoms with Crippen molar-refractivity contribution in [1.82, 2.24) is 10.3 Å². The molecule has 0 amide bonds. The third-order valence-corrected chi connectivity index (χ3v) is 2.75. The Morgan fingerprint density at radius 1 is 1.35 bits per heavy atom. The summed E-state index contributed by atoms with van der Waals surface area (Å²) >= 11 is 0. The first-order valence-electron chi connectivity index (χ1n) is 5.74. The molecule has 0 bridgehead atoms. The maximum Gasteiger partial charge on any atom is 0.0746 e. The average Bonchev–Trinajstić information content (AvgIpc) is 2.36. The Morgan fingerprint density at radius 3 is 3.00 bits per heavy atom. The lowest BCUT2D eigenvalue weighted by molar-refractivity contribution is 0.558. The highest BCUT2D eigenvalue weighted by atomic mass is 14.9. The van der Waals surface area contributed by atoms with E-state index in [0.29, 0.717) is 6.42 Å². The molecule has 2 rings (SSSR count). The fourth-order valence-electron chi connectivity index (χ4n) is 1.80. The van der Waals surface area contributed by atoms with Crippen LogP contribution in [0.25, 0.3) is 10.9 Å². The van der Waals surface area contributed by atoms with Gasteiger partial charge in [0.15, 0.2) is 0 Å². The van der Waals surface area contributed by atoms with E-state index in [2.05, 4.69) is 34.6 Å². The number of para-hydroxylation sites is 1. The number of aromatic nitrogens is 1. The van der Waals surface area contributed by atoms with Crippen molar-refractivity contribution in [1.29, 1.82) is 5.26 Å². The Morgan fingerprint density at radius 2 is 2.18 bits per heavy atom. The maximum atomic E-state index is 8.60. The van der Waals surface area contributed by atoms with Crippen molar-refractivity contribution in [2.24, 2.45) is 0 Å². The molecule has 3 nitrogen and oxygen atoms in total. The zero-order valence-electron chi connectivity index (χ0n) is 9.85. The van der Waals surface area contributed by atoms with Crippen molar-refractivity contribution < 1.29 is 0 Å². The van der Waals surface area contributed by atoms with E-state index in [1.807, 2.05) is 25.3 Å². The Balaban J connectivity index is 2.16. The molecule has 0 saturated carbocycles. The molecule has 3 heteroatoms. The second-order valence-corrected chi connectivity index (χ2v) is 4.14. The zero-order chi connectivity index (χ0) is 12.1. The number of benzene rings is 1. The van der Waals surface area contributed by atoms with Gasteiger partial charge in [0.05, 0.1) is 18.0 Å². The molecule has 17 heavy (non-hydrogen) atoms. The van der Waals surface area contributed by atoms with E-state index < -0.39 is 0 Å². The van der Waals surface area contributed by atoms with E-state index in [1.165, 1.54) is 5.56 Å². The van der Waals surface area contributed by atoms with E-state index in [1.54, 1.807) is 0 Å². The molecule has 86 valence electrons. The van der Waals surface area contributed by atoms with Crippen molar-refractivity contribution in [3.8, 4) is 6.07 Å². The molecule has 2 aromatic rings. The highest BCUT2D eigenvalue weighted by Crippen LogP contribution is 2.15. The predicted octanol–water partition coefficient (Wildman–Crippen LogP) is 2.63. The molecule has 0 aliphatic rings. The number of nitrogens with one attached hydrogen (secondary N) is 1. The lowest BCUT2D eigenvalue weighted by atomic mass is 10.1. The summed E-state index contributed by atoms with van der Waals surface area (Å²) < 4.78 is 0. The summed E-state index contributed by atoms with van der Waals surface area (Å²) in [5.41, 5.74) is 2.21. The van der Waals surface area contributed by atoms with Crippen LogP contribution in [0.4, 0.5) is 0 Å². The van der Waals surface area contributed by atoms with E-state index in [4.69, 9.17) is 5.26 Å². The van der Waals surface area contributed by atoms with Crippen molar-refractivity contribution in [3.05, 3.63) is 42.1 Å². The van der Waals surface area contributed by atoms with Gasteiger partial charge in [0, 0.05) is 24.2 Å². The maximum absolute atomic E-state index is 8.60. The van der Waals surface area contributed by atoms with Crippen LogP contribution in [-0.2, 0) is 6.54 Å². The molecule has 0 radical (unpaired) electrons. The highest BCUT2D eigenvalue weighted by molar-refractivity contribution is 5.81. The zero-order valence-corrected chi connectivity index (χ0v) is 9.85. The number of pyridine rings is 1. The summed E-state index contributed by atoms with van der Waals surface area (Å²) in [5, 5.41) is 13.1. The molecule has 1 heterocycles. The van der Waals surface area contributed by atoms with E-state index >= 15 is 0 Å². The molecule has 0 aliphatic carbocycles. The van der Waals surface area contributed by atoms with Crippen LogP contribution < -0.4 is 5.32 Å². The second-order valence-electron chi connectivity index (χ2n) is 4.14. The van der Waals surface area contributed by atoms with E-state index in [0.717, 1.165) is 17.4 Å². The van der Waals surface area contributed by atoms with Gasteiger partial charge in [-0.1, -0.05) is 24.3 Å². The molecule has 1 atom stereocenters. The molecule has 1 N–H and O–H groups in total. The van der Waals surface area contributed by atoms with Gasteiger partial charge in [-0.2, -0.15) is 5.26 Å². The minimum atomic E-state index is 0.207. The molecule has 0 spiro atoms. The Bertz CT molecular complexity index is 537. The normalized spacial score (nSPS) is 12.2. The van der Waals surface area contributed by atoms with E-state index in [-0.39, 0.29) is 6.04 Å². The van der Waals surface area contributed by atoms with Gasteiger partial charge in [-0.25, -0.2) is 0 Å². The third kappa shape index (κ3) is 2.80. The molecule has 0 saturated heterocycles. The lowest BCUT2D eigenvalue weighted by Gasteiger charge is -2.11. The van der Waals surface area contributed by atoms with Gasteiger partial charge >= 0.3 is 0 Å². The Labute approximate surface area is 101 Å². The first-order valence-corrected chi connectivity index (χ1v) is 5.74. The summed E-state index contributed by atoms with van der Waals surface area (Å²) in [5.74, 6) is 0. The molecular formula is C14H15N3. The second kappa shape index (κ2) is 5.42. The standard InChI is InChI=1S/C14H15N3/c1-11(7-8-15)17-10-13-5-2-4-12-6-3-9-16-14(12)13/h2-6,9,11,17H,7,10H2,1H3. The van der Waals surface area contributed by atoms with Gasteiger partial charge < -0.3 is 5.32 Å². The molecular weight excluding hydrogens is 210 g/mol. The van der Waals surface area contributed by atoms with Crippen LogP contribution in [-0.4, -0.2) is 11.0 Å². The minimum absolute atomic E-state index is 0.207. The molecule has 1 unspecified atom stereocenters. The Hall–Kier alpha value is -1.92. The SMILES string of the molecule is CC(CC#N)NCc1cccc2cccnc12. The molecule has 1 aromatic heterocycles. The van der Waals surface area contributed by atoms with Gasteiger partial charge in [0.1, 0.15) is 0 Å². The lowest BCUT2D eigenvalue weighted by Crippen LogP contribution is -2.24. The number of rotatable bonds is 4.